The summed E-state index contributed by atoms with van der Waals surface area (Å²) in [5, 5.41) is 11.8. The van der Waals surface area contributed by atoms with Gasteiger partial charge in [-0.05, 0) is 113 Å². The van der Waals surface area contributed by atoms with Gasteiger partial charge in [0, 0.05) is 74.9 Å². The first-order valence-corrected chi connectivity index (χ1v) is 22.2. The van der Waals surface area contributed by atoms with Crippen molar-refractivity contribution in [2.75, 3.05) is 0 Å². The molecule has 14 aromatic rings. The minimum absolute atomic E-state index is 0.856. The number of hydrogen-bond donors (Lipinski definition) is 0. The summed E-state index contributed by atoms with van der Waals surface area (Å²) < 4.78 is 16.5. The third-order valence-corrected chi connectivity index (χ3v) is 14.2. The maximum atomic E-state index is 6.63. The molecule has 0 fully saturated rings. The van der Waals surface area contributed by atoms with E-state index < -0.39 is 0 Å². The summed E-state index contributed by atoms with van der Waals surface area (Å²) in [6.45, 7) is 0. The number of hydrogen-bond acceptors (Lipinski definition) is 2. The van der Waals surface area contributed by atoms with Gasteiger partial charge in [0.25, 0.3) is 0 Å². The average Bonchev–Trinajstić information content (AvgIpc) is 4.01. The van der Waals surface area contributed by atoms with Crippen molar-refractivity contribution in [2.45, 2.75) is 0 Å². The van der Waals surface area contributed by atoms with Gasteiger partial charge in [-0.2, -0.15) is 0 Å². The lowest BCUT2D eigenvalue weighted by molar-refractivity contribution is 0.669. The lowest BCUT2D eigenvalue weighted by Crippen LogP contribution is -2.02. The Hall–Kier alpha value is -8.12. The minimum atomic E-state index is 0.856. The molecule has 0 saturated heterocycles. The predicted molar refractivity (Wildman–Crippen MR) is 267 cm³/mol. The van der Waals surface area contributed by atoms with E-state index in [2.05, 4.69) is 226 Å². The Morgan fingerprint density at radius 2 is 0.889 bits per heavy atom. The highest BCUT2D eigenvalue weighted by Crippen LogP contribution is 2.40. The van der Waals surface area contributed by atoms with Crippen molar-refractivity contribution in [2.24, 2.45) is 0 Å². The van der Waals surface area contributed by atoms with E-state index in [0.717, 1.165) is 77.4 Å². The molecule has 0 aliphatic rings. The molecule has 294 valence electrons. The Bertz CT molecular complexity index is 4280. The fourth-order valence-corrected chi connectivity index (χ4v) is 11.4. The molecule has 0 unspecified atom stereocenters. The van der Waals surface area contributed by atoms with Gasteiger partial charge in [-0.25, -0.2) is 0 Å². The Morgan fingerprint density at radius 1 is 0.317 bits per heavy atom. The van der Waals surface area contributed by atoms with Gasteiger partial charge in [-0.3, -0.25) is 0 Å². The summed E-state index contributed by atoms with van der Waals surface area (Å²) in [6.07, 6.45) is 0. The molecule has 0 aliphatic carbocycles. The van der Waals surface area contributed by atoms with E-state index in [1.165, 1.54) is 47.2 Å². The van der Waals surface area contributed by atoms with Crippen LogP contribution in [0.4, 0.5) is 0 Å². The number of benzene rings is 10. The van der Waals surface area contributed by atoms with Crippen LogP contribution in [0.5, 0.6) is 0 Å². The molecular formula is C58H35N3OS. The SMILES string of the molecule is c1ccc2c(-n3c4ccccc4c4cccc(-n5c6cccc(c6)c6cccc(c6)n(-c6ccc7c(c6)sc6ccccc67)c6ccc7oc8ccc5cc8c7c6)c43)cccc2c1. The second-order valence-electron chi connectivity index (χ2n) is 16.5. The molecule has 0 atom stereocenters. The lowest BCUT2D eigenvalue weighted by atomic mass is 10.1. The van der Waals surface area contributed by atoms with Gasteiger partial charge in [-0.15, -0.1) is 11.3 Å². The van der Waals surface area contributed by atoms with Gasteiger partial charge in [0.2, 0.25) is 0 Å². The summed E-state index contributed by atoms with van der Waals surface area (Å²) in [4.78, 5) is 0. The van der Waals surface area contributed by atoms with Crippen LogP contribution in [-0.2, 0) is 0 Å². The summed E-state index contributed by atoms with van der Waals surface area (Å²) in [6, 6.07) is 77.8. The zero-order chi connectivity index (χ0) is 41.2. The molecule has 10 aromatic carbocycles. The van der Waals surface area contributed by atoms with Crippen molar-refractivity contribution in [1.29, 1.82) is 0 Å². The van der Waals surface area contributed by atoms with Crippen molar-refractivity contribution in [3.05, 3.63) is 212 Å². The van der Waals surface area contributed by atoms with Crippen LogP contribution in [0.15, 0.2) is 217 Å². The normalized spacial score (nSPS) is 12.1. The minimum Gasteiger partial charge on any atom is -0.456 e. The van der Waals surface area contributed by atoms with Crippen molar-refractivity contribution >= 4 is 119 Å². The predicted octanol–water partition coefficient (Wildman–Crippen LogP) is 16.4. The fraction of sp³-hybridized carbons (Fsp3) is 0. The third-order valence-electron chi connectivity index (χ3n) is 13.0. The summed E-state index contributed by atoms with van der Waals surface area (Å²) in [7, 11) is 0. The van der Waals surface area contributed by atoms with Gasteiger partial charge >= 0.3 is 0 Å². The monoisotopic (exact) mass is 821 g/mol. The first-order chi connectivity index (χ1) is 31.2. The molecule has 0 N–H and O–H groups in total. The number of furan rings is 1. The number of thiophene rings is 1. The smallest absolute Gasteiger partial charge is 0.135 e. The first-order valence-electron chi connectivity index (χ1n) is 21.4. The summed E-state index contributed by atoms with van der Waals surface area (Å²) >= 11 is 1.85. The molecule has 5 heteroatoms. The number of aromatic nitrogens is 3. The quantitative estimate of drug-likeness (QED) is 0.174. The van der Waals surface area contributed by atoms with E-state index in [9.17, 15) is 0 Å². The van der Waals surface area contributed by atoms with Crippen LogP contribution in [0, 0.1) is 0 Å². The highest BCUT2D eigenvalue weighted by molar-refractivity contribution is 7.25. The maximum absolute atomic E-state index is 6.63. The number of para-hydroxylation sites is 2. The summed E-state index contributed by atoms with van der Waals surface area (Å²) in [5.74, 6) is 0. The van der Waals surface area contributed by atoms with E-state index >= 15 is 0 Å². The average molecular weight is 822 g/mol. The van der Waals surface area contributed by atoms with Gasteiger partial charge < -0.3 is 18.1 Å². The van der Waals surface area contributed by atoms with Gasteiger partial charge in [0.1, 0.15) is 11.2 Å². The lowest BCUT2D eigenvalue weighted by Gasteiger charge is -2.17. The van der Waals surface area contributed by atoms with Gasteiger partial charge in [0.05, 0.1) is 22.4 Å². The molecule has 8 bridgehead atoms. The number of nitrogens with zero attached hydrogens (tertiary/aromatic N) is 3. The Balaban J connectivity index is 1.13. The third kappa shape index (κ3) is 5.15. The number of fused-ring (bicyclic) bond motifs is 14. The van der Waals surface area contributed by atoms with E-state index in [0.29, 0.717) is 0 Å². The Morgan fingerprint density at radius 3 is 1.70 bits per heavy atom. The molecule has 0 spiro atoms. The molecule has 63 heavy (non-hydrogen) atoms. The van der Waals surface area contributed by atoms with Gasteiger partial charge in [0.15, 0.2) is 0 Å². The molecular weight excluding hydrogens is 787 g/mol. The Kier molecular flexibility index (Phi) is 7.24. The first kappa shape index (κ1) is 34.6. The van der Waals surface area contributed by atoms with Crippen molar-refractivity contribution in [1.82, 2.24) is 13.7 Å². The largest absolute Gasteiger partial charge is 0.456 e. The highest BCUT2D eigenvalue weighted by atomic mass is 32.1. The van der Waals surface area contributed by atoms with E-state index in [1.54, 1.807) is 0 Å². The van der Waals surface area contributed by atoms with Crippen LogP contribution in [-0.4, -0.2) is 13.7 Å². The standard InChI is InChI=1S/C58H35N3OS/c1-2-17-44-36(11-1)12-9-22-51(44)61-52-21-5-3-18-45(52)48-20-10-23-53(58(48)61)60-40-16-8-14-38(32-40)37-13-7-15-39(31-37)59(43-25-28-47-46-19-4-6-24-56(46)63-57(47)35-43)41-26-29-54-49(33-41)50-34-42(60)27-30-55(50)62-54/h1-35H. The van der Waals surface area contributed by atoms with Crippen LogP contribution in [0.1, 0.15) is 0 Å². The molecule has 4 nitrogen and oxygen atoms in total. The molecule has 0 radical (unpaired) electrons. The van der Waals surface area contributed by atoms with Crippen LogP contribution in [0.3, 0.4) is 0 Å². The molecule has 0 amide bonds. The molecule has 14 rings (SSSR count). The van der Waals surface area contributed by atoms with Crippen LogP contribution >= 0.6 is 11.3 Å². The van der Waals surface area contributed by atoms with Crippen LogP contribution < -0.4 is 0 Å². The Labute approximate surface area is 364 Å². The number of rotatable bonds is 3. The second kappa shape index (κ2) is 13.2. The second-order valence-corrected chi connectivity index (χ2v) is 17.6. The highest BCUT2D eigenvalue weighted by Gasteiger charge is 2.19. The van der Waals surface area contributed by atoms with Crippen molar-refractivity contribution in [3.63, 3.8) is 0 Å². The molecule has 4 heterocycles. The van der Waals surface area contributed by atoms with Crippen LogP contribution in [0.25, 0.3) is 125 Å². The maximum Gasteiger partial charge on any atom is 0.135 e. The van der Waals surface area contributed by atoms with Gasteiger partial charge in [-0.1, -0.05) is 115 Å². The zero-order valence-electron chi connectivity index (χ0n) is 33.9. The molecule has 0 aliphatic heterocycles. The van der Waals surface area contributed by atoms with E-state index in [4.69, 9.17) is 4.42 Å². The zero-order valence-corrected chi connectivity index (χ0v) is 34.7. The van der Waals surface area contributed by atoms with E-state index in [-0.39, 0.29) is 0 Å². The summed E-state index contributed by atoms with van der Waals surface area (Å²) in [5.41, 5.74) is 11.7. The van der Waals surface area contributed by atoms with E-state index in [1.807, 2.05) is 11.3 Å². The topological polar surface area (TPSA) is 27.9 Å². The fourth-order valence-electron chi connectivity index (χ4n) is 10.2. The molecule has 4 aromatic heterocycles. The van der Waals surface area contributed by atoms with Crippen molar-refractivity contribution < 1.29 is 4.42 Å². The molecule has 0 saturated carbocycles. The van der Waals surface area contributed by atoms with Crippen molar-refractivity contribution in [3.8, 4) is 17.1 Å². The van der Waals surface area contributed by atoms with Crippen LogP contribution in [0.2, 0.25) is 0 Å².